The summed E-state index contributed by atoms with van der Waals surface area (Å²) in [5.41, 5.74) is 10.7. The molecule has 4 heterocycles. The lowest BCUT2D eigenvalue weighted by Gasteiger charge is -2.30. The van der Waals surface area contributed by atoms with Gasteiger partial charge in [0.05, 0.1) is 24.3 Å². The average molecular weight is 779 g/mol. The molecule has 296 valence electrons. The van der Waals surface area contributed by atoms with Gasteiger partial charge in [0, 0.05) is 61.5 Å². The van der Waals surface area contributed by atoms with E-state index in [0.717, 1.165) is 73.1 Å². The Labute approximate surface area is 332 Å². The SMILES string of the molecule is O=C(CCCCC1SCC2NC(=O)NC21)NCCCCCC(=O)NC(CNc1ccc2cc(C3NCN3)ccc2c1)CNc1ccc2cc(C3NN3)ccc2c1. The molecule has 4 aliphatic heterocycles. The summed E-state index contributed by atoms with van der Waals surface area (Å²) < 4.78 is 0. The van der Waals surface area contributed by atoms with Gasteiger partial charge in [-0.15, -0.1) is 0 Å². The largest absolute Gasteiger partial charge is 0.383 e. The molecule has 4 unspecified atom stereocenters. The molecule has 0 aromatic heterocycles. The maximum Gasteiger partial charge on any atom is 0.315 e. The van der Waals surface area contributed by atoms with Crippen molar-refractivity contribution in [2.45, 2.75) is 87.1 Å². The number of hydrazine groups is 1. The first-order chi connectivity index (χ1) is 27.4. The van der Waals surface area contributed by atoms with Gasteiger partial charge in [0.1, 0.15) is 6.17 Å². The number of rotatable bonds is 20. The minimum Gasteiger partial charge on any atom is -0.383 e. The van der Waals surface area contributed by atoms with E-state index in [4.69, 9.17) is 0 Å². The van der Waals surface area contributed by atoms with Gasteiger partial charge in [-0.2, -0.15) is 11.8 Å². The molecule has 4 fully saturated rings. The number of urea groups is 1. The second-order valence-electron chi connectivity index (χ2n) is 15.4. The van der Waals surface area contributed by atoms with Gasteiger partial charge in [0.15, 0.2) is 0 Å². The Kier molecular flexibility index (Phi) is 12.4. The second-order valence-corrected chi connectivity index (χ2v) is 16.7. The Hall–Kier alpha value is -4.60. The van der Waals surface area contributed by atoms with Crippen LogP contribution in [0.3, 0.4) is 0 Å². The van der Waals surface area contributed by atoms with Gasteiger partial charge in [-0.05, 0) is 94.8 Å². The van der Waals surface area contributed by atoms with E-state index in [1.165, 1.54) is 21.9 Å². The Bertz CT molecular complexity index is 2020. The van der Waals surface area contributed by atoms with Crippen molar-refractivity contribution in [3.05, 3.63) is 83.9 Å². The molecule has 0 bridgehead atoms. The van der Waals surface area contributed by atoms with Crippen LogP contribution in [-0.4, -0.2) is 73.3 Å². The highest BCUT2D eigenvalue weighted by Gasteiger charge is 2.42. The number of benzene rings is 4. The molecule has 4 aromatic rings. The molecule has 4 saturated heterocycles. The minimum absolute atomic E-state index is 0.0277. The number of carbonyl (C=O) groups excluding carboxylic acids is 3. The first kappa shape index (κ1) is 38.3. The van der Waals surface area contributed by atoms with Gasteiger partial charge in [-0.1, -0.05) is 49.2 Å². The van der Waals surface area contributed by atoms with Crippen LogP contribution in [0.1, 0.15) is 74.8 Å². The molecular formula is C42H54N10O3S. The highest BCUT2D eigenvalue weighted by Crippen LogP contribution is 2.33. The van der Waals surface area contributed by atoms with Gasteiger partial charge in [-0.3, -0.25) is 20.2 Å². The predicted octanol–water partition coefficient (Wildman–Crippen LogP) is 4.66. The number of hydrogen-bond acceptors (Lipinski definition) is 10. The fraction of sp³-hybridized carbons (Fsp3) is 0.452. The fourth-order valence-corrected chi connectivity index (χ4v) is 9.43. The van der Waals surface area contributed by atoms with E-state index in [-0.39, 0.29) is 48.3 Å². The first-order valence-corrected chi connectivity index (χ1v) is 21.3. The molecule has 56 heavy (non-hydrogen) atoms. The second kappa shape index (κ2) is 18.1. The molecule has 8 rings (SSSR count). The number of unbranched alkanes of at least 4 members (excludes halogenated alkanes) is 3. The topological polar surface area (TPSA) is 191 Å². The Morgan fingerprint density at radius 2 is 1.32 bits per heavy atom. The van der Waals surface area contributed by atoms with Crippen LogP contribution in [0, 0.1) is 0 Å². The summed E-state index contributed by atoms with van der Waals surface area (Å²) in [5.74, 6) is 1.07. The molecule has 13 nitrogen and oxygen atoms in total. The summed E-state index contributed by atoms with van der Waals surface area (Å²) in [6.45, 7) is 2.59. The standard InChI is InChI=1S/C42H54N10O3S/c53-37(7-4-3-6-36-39-35(24-56-36)49-42(55)50-39)43-17-5-1-2-8-38(54)48-34(23-45-33-16-14-27-19-31(41-51-52-41)12-10-29(27)21-33)22-44-32-15-13-26-18-30(40-46-25-47-40)11-9-28(26)20-32/h9-16,18-21,34-36,39-41,44-47,51-52H,1-8,17,22-25H2,(H,43,53)(H,48,54)(H2,49,50,55). The lowest BCUT2D eigenvalue weighted by atomic mass is 10.0. The summed E-state index contributed by atoms with van der Waals surface area (Å²) >= 11 is 1.91. The minimum atomic E-state index is -0.150. The zero-order valence-corrected chi connectivity index (χ0v) is 32.5. The third-order valence-corrected chi connectivity index (χ3v) is 12.8. The van der Waals surface area contributed by atoms with Gasteiger partial charge in [-0.25, -0.2) is 15.6 Å². The van der Waals surface area contributed by atoms with Crippen molar-refractivity contribution in [1.82, 2.24) is 42.8 Å². The van der Waals surface area contributed by atoms with Crippen LogP contribution in [0.5, 0.6) is 0 Å². The molecule has 0 spiro atoms. The summed E-state index contributed by atoms with van der Waals surface area (Å²) in [5, 5.41) is 31.4. The first-order valence-electron chi connectivity index (χ1n) is 20.2. The highest BCUT2D eigenvalue weighted by atomic mass is 32.2. The summed E-state index contributed by atoms with van der Waals surface area (Å²) in [6, 6.07) is 26.1. The van der Waals surface area contributed by atoms with Crippen molar-refractivity contribution in [2.24, 2.45) is 0 Å². The van der Waals surface area contributed by atoms with E-state index in [2.05, 4.69) is 126 Å². The van der Waals surface area contributed by atoms with Crippen LogP contribution in [0.15, 0.2) is 72.8 Å². The highest BCUT2D eigenvalue weighted by molar-refractivity contribution is 8.00. The predicted molar refractivity (Wildman–Crippen MR) is 225 cm³/mol. The molecule has 4 aliphatic rings. The van der Waals surface area contributed by atoms with Crippen molar-refractivity contribution < 1.29 is 14.4 Å². The number of thioether (sulfide) groups is 1. The molecule has 4 aromatic carbocycles. The Balaban J connectivity index is 0.775. The number of anilines is 2. The lowest BCUT2D eigenvalue weighted by Crippen LogP contribution is -2.51. The van der Waals surface area contributed by atoms with E-state index < -0.39 is 0 Å². The Morgan fingerprint density at radius 3 is 1.98 bits per heavy atom. The van der Waals surface area contributed by atoms with E-state index in [9.17, 15) is 14.4 Å². The summed E-state index contributed by atoms with van der Waals surface area (Å²) in [4.78, 5) is 37.2. The van der Waals surface area contributed by atoms with Crippen molar-refractivity contribution in [3.63, 3.8) is 0 Å². The van der Waals surface area contributed by atoms with Gasteiger partial charge >= 0.3 is 6.03 Å². The van der Waals surface area contributed by atoms with Crippen LogP contribution in [0.25, 0.3) is 21.5 Å². The van der Waals surface area contributed by atoms with Gasteiger partial charge in [0.25, 0.3) is 0 Å². The van der Waals surface area contributed by atoms with Crippen LogP contribution < -0.4 is 53.4 Å². The van der Waals surface area contributed by atoms with E-state index >= 15 is 0 Å². The van der Waals surface area contributed by atoms with Crippen molar-refractivity contribution in [2.75, 3.05) is 42.7 Å². The number of nitrogens with one attached hydrogen (secondary N) is 10. The molecule has 4 atom stereocenters. The fourth-order valence-electron chi connectivity index (χ4n) is 7.89. The molecule has 0 aliphatic carbocycles. The number of amides is 4. The zero-order chi connectivity index (χ0) is 38.3. The van der Waals surface area contributed by atoms with E-state index in [1.54, 1.807) is 0 Å². The molecule has 0 radical (unpaired) electrons. The number of fused-ring (bicyclic) bond motifs is 3. The zero-order valence-electron chi connectivity index (χ0n) is 31.7. The van der Waals surface area contributed by atoms with Crippen molar-refractivity contribution >= 4 is 62.5 Å². The quantitative estimate of drug-likeness (QED) is 0.0343. The van der Waals surface area contributed by atoms with Gasteiger partial charge in [0.2, 0.25) is 11.8 Å². The van der Waals surface area contributed by atoms with Crippen LogP contribution in [-0.2, 0) is 9.59 Å². The Morgan fingerprint density at radius 1 is 0.696 bits per heavy atom. The normalized spacial score (nSPS) is 20.9. The summed E-state index contributed by atoms with van der Waals surface area (Å²) in [7, 11) is 0. The monoisotopic (exact) mass is 778 g/mol. The molecule has 0 saturated carbocycles. The number of hydrogen-bond donors (Lipinski definition) is 10. The van der Waals surface area contributed by atoms with Crippen LogP contribution in [0.4, 0.5) is 16.2 Å². The van der Waals surface area contributed by atoms with Crippen molar-refractivity contribution in [1.29, 1.82) is 0 Å². The van der Waals surface area contributed by atoms with E-state index in [0.29, 0.717) is 37.7 Å². The lowest BCUT2D eigenvalue weighted by molar-refractivity contribution is -0.122. The smallest absolute Gasteiger partial charge is 0.315 e. The average Bonchev–Trinajstić information content (AvgIpc) is 3.88. The third kappa shape index (κ3) is 10.0. The molecule has 14 heteroatoms. The maximum absolute atomic E-state index is 13.2. The third-order valence-electron chi connectivity index (χ3n) is 11.3. The molecular weight excluding hydrogens is 725 g/mol. The van der Waals surface area contributed by atoms with Crippen LogP contribution in [0.2, 0.25) is 0 Å². The van der Waals surface area contributed by atoms with Crippen molar-refractivity contribution in [3.8, 4) is 0 Å². The van der Waals surface area contributed by atoms with E-state index in [1.807, 2.05) is 11.8 Å². The van der Waals surface area contributed by atoms with Crippen LogP contribution >= 0.6 is 11.8 Å². The number of carbonyl (C=O) groups is 3. The molecule has 4 amide bonds. The molecule has 10 N–H and O–H groups in total. The summed E-state index contributed by atoms with van der Waals surface area (Å²) in [6.07, 6.45) is 6.72. The van der Waals surface area contributed by atoms with Gasteiger partial charge < -0.3 is 31.9 Å². The maximum atomic E-state index is 13.2.